The van der Waals surface area contributed by atoms with E-state index in [4.69, 9.17) is 9.47 Å². The molecule has 7 nitrogen and oxygen atoms in total. The van der Waals surface area contributed by atoms with Crippen molar-refractivity contribution in [3.8, 4) is 11.5 Å². The van der Waals surface area contributed by atoms with Gasteiger partial charge in [-0.3, -0.25) is 14.5 Å². The number of methoxy groups -OCH3 is 1. The number of carbonyl (C=O) groups excluding carboxylic acids is 2. The van der Waals surface area contributed by atoms with Gasteiger partial charge in [0.2, 0.25) is 0 Å². The Morgan fingerprint density at radius 3 is 2.41 bits per heavy atom. The number of hydrogen-bond donors (Lipinski definition) is 0. The van der Waals surface area contributed by atoms with E-state index in [2.05, 4.69) is 9.73 Å². The molecular formula is C22H18F2N2O5S. The van der Waals surface area contributed by atoms with Crippen molar-refractivity contribution in [3.05, 3.63) is 59.8 Å². The van der Waals surface area contributed by atoms with E-state index in [1.165, 1.54) is 29.2 Å². The van der Waals surface area contributed by atoms with Crippen LogP contribution >= 0.6 is 11.8 Å². The van der Waals surface area contributed by atoms with E-state index in [0.29, 0.717) is 29.6 Å². The van der Waals surface area contributed by atoms with Crippen LogP contribution in [0.4, 0.5) is 14.5 Å². The van der Waals surface area contributed by atoms with Crippen molar-refractivity contribution < 1.29 is 32.6 Å². The lowest BCUT2D eigenvalue weighted by molar-refractivity contribution is -0.137. The molecule has 2 aliphatic heterocycles. The average Bonchev–Trinajstić information content (AvgIpc) is 3.32. The van der Waals surface area contributed by atoms with Crippen molar-refractivity contribution in [1.82, 2.24) is 0 Å². The minimum Gasteiger partial charge on any atom is -0.497 e. The van der Waals surface area contributed by atoms with Crippen LogP contribution in [0.2, 0.25) is 0 Å². The molecule has 0 aromatic heterocycles. The Kier molecular flexibility index (Phi) is 6.40. The quantitative estimate of drug-likeness (QED) is 0.478. The molecule has 2 heterocycles. The molecule has 2 aliphatic rings. The normalized spacial score (nSPS) is 19.5. The molecule has 0 bridgehead atoms. The summed E-state index contributed by atoms with van der Waals surface area (Å²) in [6, 6.07) is 12.7. The molecule has 2 aromatic carbocycles. The summed E-state index contributed by atoms with van der Waals surface area (Å²) >= 11 is 1.13. The van der Waals surface area contributed by atoms with E-state index in [-0.39, 0.29) is 17.4 Å². The largest absolute Gasteiger partial charge is 0.497 e. The predicted octanol–water partition coefficient (Wildman–Crippen LogP) is 4.09. The van der Waals surface area contributed by atoms with Gasteiger partial charge in [-0.25, -0.2) is 4.99 Å². The van der Waals surface area contributed by atoms with E-state index >= 15 is 0 Å². The molecule has 2 aromatic rings. The molecule has 1 amide bonds. The molecule has 0 saturated carbocycles. The molecule has 0 radical (unpaired) electrons. The highest BCUT2D eigenvalue weighted by molar-refractivity contribution is 8.15. The molecular weight excluding hydrogens is 442 g/mol. The first-order valence-corrected chi connectivity index (χ1v) is 10.5. The monoisotopic (exact) mass is 460 g/mol. The van der Waals surface area contributed by atoms with Gasteiger partial charge < -0.3 is 14.2 Å². The van der Waals surface area contributed by atoms with Gasteiger partial charge in [0.05, 0.1) is 19.4 Å². The van der Waals surface area contributed by atoms with Crippen LogP contribution in [-0.2, 0) is 14.3 Å². The summed E-state index contributed by atoms with van der Waals surface area (Å²) in [5.41, 5.74) is 1.33. The maximum Gasteiger partial charge on any atom is 0.387 e. The first-order chi connectivity index (χ1) is 15.4. The number of ether oxygens (including phenoxy) is 3. The summed E-state index contributed by atoms with van der Waals surface area (Å²) in [6.07, 6.45) is 2.13. The van der Waals surface area contributed by atoms with E-state index < -0.39 is 17.8 Å². The second kappa shape index (κ2) is 9.39. The SMILES string of the molecule is COc1ccc(C=C2N=C(SC3CCOC3=O)N(c3ccc(OC(F)F)cc3)C2=O)cc1. The number of thioether (sulfide) groups is 1. The van der Waals surface area contributed by atoms with Crippen LogP contribution in [0.25, 0.3) is 6.08 Å². The third kappa shape index (κ3) is 4.75. The smallest absolute Gasteiger partial charge is 0.387 e. The molecule has 0 spiro atoms. The summed E-state index contributed by atoms with van der Waals surface area (Å²) < 4.78 is 39.4. The van der Waals surface area contributed by atoms with Crippen LogP contribution in [0.3, 0.4) is 0 Å². The van der Waals surface area contributed by atoms with E-state index in [1.807, 2.05) is 0 Å². The lowest BCUT2D eigenvalue weighted by Gasteiger charge is -2.19. The first-order valence-electron chi connectivity index (χ1n) is 9.61. The van der Waals surface area contributed by atoms with Crippen molar-refractivity contribution in [3.63, 3.8) is 0 Å². The van der Waals surface area contributed by atoms with E-state index in [0.717, 1.165) is 17.3 Å². The number of aliphatic imine (C=N–C) groups is 1. The molecule has 4 rings (SSSR count). The Hall–Kier alpha value is -3.40. The van der Waals surface area contributed by atoms with Crippen LogP contribution < -0.4 is 14.4 Å². The van der Waals surface area contributed by atoms with Crippen molar-refractivity contribution in [1.29, 1.82) is 0 Å². The summed E-state index contributed by atoms with van der Waals surface area (Å²) in [6.45, 7) is -2.64. The molecule has 1 saturated heterocycles. The number of amides is 1. The third-order valence-electron chi connectivity index (χ3n) is 4.70. The Morgan fingerprint density at radius 2 is 1.81 bits per heavy atom. The number of nitrogens with zero attached hydrogens (tertiary/aromatic N) is 2. The number of cyclic esters (lactones) is 1. The minimum atomic E-state index is -2.95. The summed E-state index contributed by atoms with van der Waals surface area (Å²) in [5.74, 6) is -0.123. The van der Waals surface area contributed by atoms with Crippen molar-refractivity contribution in [2.45, 2.75) is 18.3 Å². The first kappa shape index (κ1) is 21.8. The summed E-state index contributed by atoms with van der Waals surface area (Å²) in [5, 5.41) is -0.174. The van der Waals surface area contributed by atoms with Gasteiger partial charge in [-0.2, -0.15) is 8.78 Å². The maximum atomic E-state index is 13.2. The average molecular weight is 460 g/mol. The molecule has 1 atom stereocenters. The lowest BCUT2D eigenvalue weighted by Crippen LogP contribution is -2.32. The Morgan fingerprint density at radius 1 is 1.12 bits per heavy atom. The number of alkyl halides is 2. The summed E-state index contributed by atoms with van der Waals surface area (Å²) in [7, 11) is 1.56. The lowest BCUT2D eigenvalue weighted by atomic mass is 10.2. The van der Waals surface area contributed by atoms with E-state index in [9.17, 15) is 18.4 Å². The zero-order valence-corrected chi connectivity index (χ0v) is 17.7. The van der Waals surface area contributed by atoms with Gasteiger partial charge in [0.25, 0.3) is 5.91 Å². The molecule has 0 N–H and O–H groups in total. The zero-order valence-electron chi connectivity index (χ0n) is 16.9. The molecule has 32 heavy (non-hydrogen) atoms. The second-order valence-corrected chi connectivity index (χ2v) is 7.94. The molecule has 10 heteroatoms. The number of rotatable bonds is 6. The number of amidine groups is 1. The summed E-state index contributed by atoms with van der Waals surface area (Å²) in [4.78, 5) is 31.0. The predicted molar refractivity (Wildman–Crippen MR) is 116 cm³/mol. The highest BCUT2D eigenvalue weighted by atomic mass is 32.2. The zero-order chi connectivity index (χ0) is 22.7. The van der Waals surface area contributed by atoms with Gasteiger partial charge in [0, 0.05) is 6.42 Å². The van der Waals surface area contributed by atoms with Crippen molar-refractivity contribution in [2.24, 2.45) is 4.99 Å². The van der Waals surface area contributed by atoms with Gasteiger partial charge in [0.15, 0.2) is 5.17 Å². The molecule has 1 unspecified atom stereocenters. The van der Waals surface area contributed by atoms with Crippen LogP contribution in [0.1, 0.15) is 12.0 Å². The Balaban J connectivity index is 1.65. The minimum absolute atomic E-state index is 0.0325. The number of hydrogen-bond acceptors (Lipinski definition) is 7. The Bertz CT molecular complexity index is 1070. The standard InChI is InChI=1S/C22H18F2N2O5S/c1-29-15-6-2-13(3-7-15)12-17-19(27)26(14-4-8-16(9-5-14)31-21(23)24)22(25-17)32-18-10-11-30-20(18)28/h2-9,12,18,21H,10-11H2,1H3. The van der Waals surface area contributed by atoms with Gasteiger partial charge in [-0.15, -0.1) is 0 Å². The number of esters is 1. The highest BCUT2D eigenvalue weighted by Crippen LogP contribution is 2.34. The van der Waals surface area contributed by atoms with Gasteiger partial charge in [-0.1, -0.05) is 23.9 Å². The van der Waals surface area contributed by atoms with Crippen molar-refractivity contribution >= 4 is 40.6 Å². The topological polar surface area (TPSA) is 77.4 Å². The number of carbonyl (C=O) groups is 2. The number of halogens is 2. The highest BCUT2D eigenvalue weighted by Gasteiger charge is 2.37. The van der Waals surface area contributed by atoms with Gasteiger partial charge >= 0.3 is 12.6 Å². The van der Waals surface area contributed by atoms with Gasteiger partial charge in [0.1, 0.15) is 22.4 Å². The second-order valence-electron chi connectivity index (χ2n) is 6.77. The number of benzene rings is 2. The fourth-order valence-corrected chi connectivity index (χ4v) is 4.23. The molecule has 1 fully saturated rings. The van der Waals surface area contributed by atoms with Gasteiger partial charge in [-0.05, 0) is 48.0 Å². The van der Waals surface area contributed by atoms with Crippen LogP contribution in [0.15, 0.2) is 59.2 Å². The van der Waals surface area contributed by atoms with E-state index in [1.54, 1.807) is 37.5 Å². The maximum absolute atomic E-state index is 13.2. The van der Waals surface area contributed by atoms with Crippen LogP contribution in [0.5, 0.6) is 11.5 Å². The fraction of sp³-hybridized carbons (Fsp3) is 0.227. The van der Waals surface area contributed by atoms with Crippen LogP contribution in [-0.4, -0.2) is 42.6 Å². The van der Waals surface area contributed by atoms with Crippen molar-refractivity contribution in [2.75, 3.05) is 18.6 Å². The van der Waals surface area contributed by atoms with Crippen LogP contribution in [0, 0.1) is 0 Å². The Labute approximate surface area is 186 Å². The number of anilines is 1. The fourth-order valence-electron chi connectivity index (χ4n) is 3.15. The third-order valence-corrected chi connectivity index (χ3v) is 5.90. The molecule has 0 aliphatic carbocycles. The molecule has 166 valence electrons.